The van der Waals surface area contributed by atoms with Crippen LogP contribution in [0.1, 0.15) is 50.7 Å². The minimum absolute atomic E-state index is 0.0202. The Balaban J connectivity index is 1.14. The lowest BCUT2D eigenvalue weighted by atomic mass is 10.0. The second-order valence-electron chi connectivity index (χ2n) is 13.4. The summed E-state index contributed by atoms with van der Waals surface area (Å²) in [7, 11) is 1.57. The monoisotopic (exact) mass is 748 g/mol. The van der Waals surface area contributed by atoms with E-state index in [1.165, 1.54) is 0 Å². The lowest BCUT2D eigenvalue weighted by Crippen LogP contribution is -2.46. The maximum atomic E-state index is 15.7. The van der Waals surface area contributed by atoms with Crippen molar-refractivity contribution in [1.82, 2.24) is 35.8 Å². The lowest BCUT2D eigenvalue weighted by molar-refractivity contribution is -0.135. The minimum Gasteiger partial charge on any atom is -0.481 e. The zero-order chi connectivity index (χ0) is 36.8. The van der Waals surface area contributed by atoms with Gasteiger partial charge in [-0.3, -0.25) is 14.6 Å². The number of nitrogens with zero attached hydrogens (tertiary/aromatic N) is 4. The molecule has 3 aromatic heterocycles. The van der Waals surface area contributed by atoms with E-state index in [0.29, 0.717) is 88.8 Å². The van der Waals surface area contributed by atoms with E-state index in [1.54, 1.807) is 49.8 Å². The number of pyridine rings is 3. The highest BCUT2D eigenvalue weighted by atomic mass is 35.5. The Morgan fingerprint density at radius 3 is 2.52 bits per heavy atom. The summed E-state index contributed by atoms with van der Waals surface area (Å²) in [6, 6.07) is 12.9. The van der Waals surface area contributed by atoms with Crippen LogP contribution in [0, 0.1) is 11.7 Å². The molecule has 0 aliphatic carbocycles. The molecule has 4 N–H and O–H groups in total. The van der Waals surface area contributed by atoms with E-state index in [0.717, 1.165) is 24.8 Å². The number of aromatic nitrogens is 3. The summed E-state index contributed by atoms with van der Waals surface area (Å²) in [5.74, 6) is 0.249. The van der Waals surface area contributed by atoms with Crippen molar-refractivity contribution < 1.29 is 18.7 Å². The van der Waals surface area contributed by atoms with Crippen LogP contribution in [0.25, 0.3) is 22.5 Å². The molecule has 1 unspecified atom stereocenters. The normalized spacial score (nSPS) is 16.3. The molecule has 2 aliphatic heterocycles. The first-order valence-corrected chi connectivity index (χ1v) is 18.3. The van der Waals surface area contributed by atoms with Gasteiger partial charge in [0.1, 0.15) is 0 Å². The van der Waals surface area contributed by atoms with Gasteiger partial charge in [0.2, 0.25) is 17.7 Å². The second kappa shape index (κ2) is 17.0. The Morgan fingerprint density at radius 2 is 1.79 bits per heavy atom. The van der Waals surface area contributed by atoms with Gasteiger partial charge in [0.15, 0.2) is 11.6 Å². The highest BCUT2D eigenvalue weighted by Crippen LogP contribution is 2.41. The number of halogens is 3. The fourth-order valence-electron chi connectivity index (χ4n) is 6.54. The Labute approximate surface area is 313 Å². The molecule has 0 spiro atoms. The van der Waals surface area contributed by atoms with Gasteiger partial charge in [-0.25, -0.2) is 14.4 Å². The average molecular weight is 750 g/mol. The van der Waals surface area contributed by atoms with Crippen molar-refractivity contribution in [2.45, 2.75) is 64.7 Å². The number of carbonyl (C=O) groups is 2. The predicted octanol–water partition coefficient (Wildman–Crippen LogP) is 6.51. The van der Waals surface area contributed by atoms with Gasteiger partial charge in [-0.05, 0) is 43.5 Å². The lowest BCUT2D eigenvalue weighted by Gasteiger charge is -2.33. The van der Waals surface area contributed by atoms with Crippen molar-refractivity contribution in [3.8, 4) is 28.4 Å². The van der Waals surface area contributed by atoms with Gasteiger partial charge in [0.05, 0.1) is 34.2 Å². The molecule has 11 nitrogen and oxygen atoms in total. The molecule has 4 aromatic rings. The van der Waals surface area contributed by atoms with Crippen LogP contribution < -0.4 is 26.0 Å². The number of likely N-dealkylation sites (tertiary alicyclic amines) is 1. The van der Waals surface area contributed by atoms with Crippen LogP contribution in [0.15, 0.2) is 54.9 Å². The van der Waals surface area contributed by atoms with Gasteiger partial charge in [0.25, 0.3) is 0 Å². The zero-order valence-electron chi connectivity index (χ0n) is 29.4. The van der Waals surface area contributed by atoms with Gasteiger partial charge in [-0.1, -0.05) is 55.2 Å². The number of piperidine rings is 1. The first-order chi connectivity index (χ1) is 25.1. The SMILES string of the molecule is COc1nc(-c2ccnc(-c3cccc(Nc4nccc(CNC5CCN(C(=O)C(C)C)CC5)c4F)c3Cl)c2Cl)ccc1CNCC1CCC(=O)N1. The summed E-state index contributed by atoms with van der Waals surface area (Å²) in [6.45, 7) is 6.70. The number of anilines is 2. The first kappa shape index (κ1) is 37.4. The van der Waals surface area contributed by atoms with E-state index in [-0.39, 0.29) is 35.6 Å². The van der Waals surface area contributed by atoms with Crippen molar-refractivity contribution in [3.63, 3.8) is 0 Å². The van der Waals surface area contributed by atoms with E-state index < -0.39 is 5.82 Å². The Morgan fingerprint density at radius 1 is 1.00 bits per heavy atom. The smallest absolute Gasteiger partial charge is 0.225 e. The molecule has 2 aliphatic rings. The molecule has 5 heterocycles. The molecule has 2 fully saturated rings. The highest BCUT2D eigenvalue weighted by molar-refractivity contribution is 6.39. The molecule has 0 bridgehead atoms. The summed E-state index contributed by atoms with van der Waals surface area (Å²) < 4.78 is 21.4. The van der Waals surface area contributed by atoms with Crippen molar-refractivity contribution in [2.75, 3.05) is 32.1 Å². The number of hydrogen-bond donors (Lipinski definition) is 4. The summed E-state index contributed by atoms with van der Waals surface area (Å²) in [5.41, 5.74) is 3.98. The molecule has 0 radical (unpaired) electrons. The minimum atomic E-state index is -0.481. The molecule has 274 valence electrons. The first-order valence-electron chi connectivity index (χ1n) is 17.5. The Bertz CT molecular complexity index is 1920. The van der Waals surface area contributed by atoms with E-state index in [4.69, 9.17) is 32.9 Å². The molecule has 2 saturated heterocycles. The number of ether oxygens (including phenoxy) is 1. The van der Waals surface area contributed by atoms with Gasteiger partial charge in [-0.2, -0.15) is 0 Å². The summed E-state index contributed by atoms with van der Waals surface area (Å²) in [5, 5.41) is 13.5. The Hall–Kier alpha value is -4.36. The quantitative estimate of drug-likeness (QED) is 0.121. The number of nitrogens with one attached hydrogen (secondary N) is 4. The maximum Gasteiger partial charge on any atom is 0.225 e. The van der Waals surface area contributed by atoms with Crippen LogP contribution >= 0.6 is 23.2 Å². The fourth-order valence-corrected chi connectivity index (χ4v) is 7.11. The molecule has 1 atom stereocenters. The van der Waals surface area contributed by atoms with E-state index in [1.807, 2.05) is 30.9 Å². The molecular formula is C38H43Cl2FN8O3. The third-order valence-corrected chi connectivity index (χ3v) is 10.2. The van der Waals surface area contributed by atoms with Crippen LogP contribution in [0.3, 0.4) is 0 Å². The number of benzene rings is 1. The van der Waals surface area contributed by atoms with Crippen molar-refractivity contribution in [1.29, 1.82) is 0 Å². The van der Waals surface area contributed by atoms with Crippen LogP contribution in [-0.2, 0) is 22.7 Å². The molecule has 6 rings (SSSR count). The van der Waals surface area contributed by atoms with Crippen LogP contribution in [-0.4, -0.2) is 70.5 Å². The van der Waals surface area contributed by atoms with Gasteiger partial charge in [-0.15, -0.1) is 0 Å². The molecule has 52 heavy (non-hydrogen) atoms. The largest absolute Gasteiger partial charge is 0.481 e. The van der Waals surface area contributed by atoms with Crippen LogP contribution in [0.4, 0.5) is 15.9 Å². The third-order valence-electron chi connectivity index (χ3n) is 9.45. The summed E-state index contributed by atoms with van der Waals surface area (Å²) >= 11 is 13.9. The fraction of sp³-hybridized carbons (Fsp3) is 0.395. The maximum absolute atomic E-state index is 15.7. The molecular weight excluding hydrogens is 706 g/mol. The number of carbonyl (C=O) groups excluding carboxylic acids is 2. The molecule has 1 aromatic carbocycles. The van der Waals surface area contributed by atoms with Crippen molar-refractivity contribution >= 4 is 46.5 Å². The van der Waals surface area contributed by atoms with Crippen molar-refractivity contribution in [2.24, 2.45) is 5.92 Å². The second-order valence-corrected chi connectivity index (χ2v) is 14.1. The summed E-state index contributed by atoms with van der Waals surface area (Å²) in [4.78, 5) is 39.3. The van der Waals surface area contributed by atoms with E-state index in [9.17, 15) is 9.59 Å². The Kier molecular flexibility index (Phi) is 12.2. The van der Waals surface area contributed by atoms with E-state index in [2.05, 4.69) is 31.2 Å². The topological polar surface area (TPSA) is 133 Å². The molecule has 0 saturated carbocycles. The standard InChI is InChI=1S/C38H43Cl2FN8O3/c1-22(2)38(51)49-17-13-25(14-18-49)45-20-23-11-15-44-36(34(23)41)47-30-6-4-5-28(32(30)39)35-33(40)27(12-16-43-35)29-9-7-24(37(48-29)52-3)19-42-21-26-8-10-31(50)46-26/h4-7,9,11-12,15-16,22,25-26,42,45H,8,10,13-14,17-21H2,1-3H3,(H,44,47)(H,46,50). The van der Waals surface area contributed by atoms with Gasteiger partial charge in [0, 0.05) is 91.8 Å². The van der Waals surface area contributed by atoms with Crippen LogP contribution in [0.2, 0.25) is 10.0 Å². The number of amides is 2. The molecule has 2 amide bonds. The number of hydrogen-bond acceptors (Lipinski definition) is 9. The number of rotatable bonds is 13. The zero-order valence-corrected chi connectivity index (χ0v) is 31.0. The van der Waals surface area contributed by atoms with Gasteiger partial charge < -0.3 is 30.9 Å². The van der Waals surface area contributed by atoms with E-state index >= 15 is 4.39 Å². The number of methoxy groups -OCH3 is 1. The van der Waals surface area contributed by atoms with Crippen LogP contribution in [0.5, 0.6) is 5.88 Å². The van der Waals surface area contributed by atoms with Crippen molar-refractivity contribution in [3.05, 3.63) is 81.8 Å². The highest BCUT2D eigenvalue weighted by Gasteiger charge is 2.25. The average Bonchev–Trinajstić information content (AvgIpc) is 3.57. The molecule has 14 heteroatoms. The third kappa shape index (κ3) is 8.63. The predicted molar refractivity (Wildman–Crippen MR) is 201 cm³/mol. The summed E-state index contributed by atoms with van der Waals surface area (Å²) in [6.07, 6.45) is 6.19. The van der Waals surface area contributed by atoms with Gasteiger partial charge >= 0.3 is 0 Å².